The summed E-state index contributed by atoms with van der Waals surface area (Å²) in [6.07, 6.45) is 2.08. The van der Waals surface area contributed by atoms with E-state index in [9.17, 15) is 0 Å². The van der Waals surface area contributed by atoms with Crippen molar-refractivity contribution in [2.24, 2.45) is 0 Å². The smallest absolute Gasteiger partial charge is 0.0307 e. The second kappa shape index (κ2) is 6.46. The van der Waals surface area contributed by atoms with E-state index < -0.39 is 0 Å². The summed E-state index contributed by atoms with van der Waals surface area (Å²) in [5.74, 6) is 1.13. The second-order valence-corrected chi connectivity index (χ2v) is 3.21. The largest absolute Gasteiger partial charge is 0.311 e. The number of hydrogen-bond acceptors (Lipinski definition) is 2. The minimum Gasteiger partial charge on any atom is -0.311 e. The first-order valence-corrected chi connectivity index (χ1v) is 4.57. The summed E-state index contributed by atoms with van der Waals surface area (Å²) in [5.41, 5.74) is 0. The monoisotopic (exact) mass is 165 g/mol. The molecule has 54 valence electrons. The van der Waals surface area contributed by atoms with Crippen LogP contribution in [0.5, 0.6) is 0 Å². The Labute approximate surface area is 65.9 Å². The molecule has 9 heavy (non-hydrogen) atoms. The standard InChI is InChI=1S/C6H12ClNS/c1-6(7)5-8-3-4-9-2/h8H,1,3-5H2,2H3. The van der Waals surface area contributed by atoms with E-state index in [0.717, 1.165) is 18.8 Å². The zero-order chi connectivity index (χ0) is 7.11. The summed E-state index contributed by atoms with van der Waals surface area (Å²) in [5, 5.41) is 3.81. The van der Waals surface area contributed by atoms with E-state index in [1.165, 1.54) is 0 Å². The SMILES string of the molecule is C=C(Cl)CNCCSC. The average Bonchev–Trinajstić information content (AvgIpc) is 1.80. The van der Waals surface area contributed by atoms with Gasteiger partial charge < -0.3 is 5.32 Å². The van der Waals surface area contributed by atoms with E-state index in [1.54, 1.807) is 0 Å². The minimum atomic E-state index is 0.677. The number of nitrogens with one attached hydrogen (secondary N) is 1. The van der Waals surface area contributed by atoms with E-state index >= 15 is 0 Å². The van der Waals surface area contributed by atoms with Gasteiger partial charge in [-0.1, -0.05) is 18.2 Å². The molecule has 0 saturated carbocycles. The predicted octanol–water partition coefficient (Wildman–Crippen LogP) is 1.69. The van der Waals surface area contributed by atoms with Crippen LogP contribution in [0.2, 0.25) is 0 Å². The van der Waals surface area contributed by atoms with Gasteiger partial charge >= 0.3 is 0 Å². The number of rotatable bonds is 5. The Balaban J connectivity index is 2.83. The molecule has 0 aliphatic carbocycles. The van der Waals surface area contributed by atoms with E-state index in [2.05, 4.69) is 18.2 Å². The molecule has 0 aromatic carbocycles. The minimum absolute atomic E-state index is 0.677. The molecule has 3 heteroatoms. The summed E-state index contributed by atoms with van der Waals surface area (Å²) < 4.78 is 0. The first-order valence-electron chi connectivity index (χ1n) is 2.80. The topological polar surface area (TPSA) is 12.0 Å². The molecule has 1 nitrogen and oxygen atoms in total. The van der Waals surface area contributed by atoms with Crippen molar-refractivity contribution in [3.8, 4) is 0 Å². The van der Waals surface area contributed by atoms with Crippen LogP contribution in [0, 0.1) is 0 Å². The van der Waals surface area contributed by atoms with Crippen molar-refractivity contribution in [3.63, 3.8) is 0 Å². The fourth-order valence-electron chi connectivity index (χ4n) is 0.398. The maximum atomic E-state index is 5.49. The zero-order valence-electron chi connectivity index (χ0n) is 5.61. The molecule has 0 saturated heterocycles. The molecule has 0 atom stereocenters. The fraction of sp³-hybridized carbons (Fsp3) is 0.667. The Morgan fingerprint density at radius 3 is 2.89 bits per heavy atom. The molecule has 0 radical (unpaired) electrons. The van der Waals surface area contributed by atoms with Gasteiger partial charge in [0, 0.05) is 23.9 Å². The number of thioether (sulfide) groups is 1. The number of halogens is 1. The zero-order valence-corrected chi connectivity index (χ0v) is 7.19. The lowest BCUT2D eigenvalue weighted by Crippen LogP contribution is -2.18. The third-order valence-electron chi connectivity index (χ3n) is 0.800. The quantitative estimate of drug-likeness (QED) is 0.623. The normalized spacial score (nSPS) is 9.56. The molecule has 0 aliphatic rings. The third-order valence-corrected chi connectivity index (χ3v) is 1.55. The molecule has 0 aromatic rings. The highest BCUT2D eigenvalue weighted by Gasteiger charge is 1.86. The van der Waals surface area contributed by atoms with E-state index in [0.29, 0.717) is 5.03 Å². The van der Waals surface area contributed by atoms with E-state index in [1.807, 2.05) is 11.8 Å². The molecular formula is C6H12ClNS. The average molecular weight is 166 g/mol. The molecule has 0 aliphatic heterocycles. The van der Waals surface area contributed by atoms with Crippen LogP contribution >= 0.6 is 23.4 Å². The van der Waals surface area contributed by atoms with Gasteiger partial charge in [-0.2, -0.15) is 11.8 Å². The molecule has 0 amide bonds. The predicted molar refractivity (Wildman–Crippen MR) is 46.2 cm³/mol. The van der Waals surface area contributed by atoms with Crippen LogP contribution in [0.4, 0.5) is 0 Å². The van der Waals surface area contributed by atoms with Gasteiger partial charge in [-0.05, 0) is 6.26 Å². The maximum Gasteiger partial charge on any atom is 0.0307 e. The van der Waals surface area contributed by atoms with Crippen molar-refractivity contribution in [1.82, 2.24) is 5.32 Å². The van der Waals surface area contributed by atoms with Gasteiger partial charge in [0.25, 0.3) is 0 Å². The summed E-state index contributed by atoms with van der Waals surface area (Å²) in [6.45, 7) is 5.28. The molecular weight excluding hydrogens is 154 g/mol. The maximum absolute atomic E-state index is 5.49. The van der Waals surface area contributed by atoms with Gasteiger partial charge in [-0.15, -0.1) is 0 Å². The molecule has 0 heterocycles. The Morgan fingerprint density at radius 2 is 2.44 bits per heavy atom. The van der Waals surface area contributed by atoms with Crippen LogP contribution in [-0.4, -0.2) is 25.1 Å². The molecule has 0 unspecified atom stereocenters. The van der Waals surface area contributed by atoms with E-state index in [4.69, 9.17) is 11.6 Å². The van der Waals surface area contributed by atoms with Crippen LogP contribution in [-0.2, 0) is 0 Å². The van der Waals surface area contributed by atoms with Crippen molar-refractivity contribution >= 4 is 23.4 Å². The lowest BCUT2D eigenvalue weighted by molar-refractivity contribution is 0.801. The molecule has 1 N–H and O–H groups in total. The van der Waals surface area contributed by atoms with Gasteiger partial charge in [0.05, 0.1) is 0 Å². The van der Waals surface area contributed by atoms with Gasteiger partial charge in [0.2, 0.25) is 0 Å². The van der Waals surface area contributed by atoms with E-state index in [-0.39, 0.29) is 0 Å². The summed E-state index contributed by atoms with van der Waals surface area (Å²) >= 11 is 7.31. The lowest BCUT2D eigenvalue weighted by atomic mass is 10.6. The second-order valence-electron chi connectivity index (χ2n) is 1.69. The molecule has 0 bridgehead atoms. The highest BCUT2D eigenvalue weighted by atomic mass is 35.5. The fourth-order valence-corrected chi connectivity index (χ4v) is 0.841. The lowest BCUT2D eigenvalue weighted by Gasteiger charge is -1.99. The first-order chi connectivity index (χ1) is 4.27. The number of hydrogen-bond donors (Lipinski definition) is 1. The van der Waals surface area contributed by atoms with Crippen molar-refractivity contribution in [2.45, 2.75) is 0 Å². The Morgan fingerprint density at radius 1 is 1.78 bits per heavy atom. The van der Waals surface area contributed by atoms with Gasteiger partial charge in [-0.3, -0.25) is 0 Å². The third kappa shape index (κ3) is 8.34. The Hall–Kier alpha value is 0.340. The van der Waals surface area contributed by atoms with Crippen LogP contribution in [0.3, 0.4) is 0 Å². The molecule has 0 rings (SSSR count). The van der Waals surface area contributed by atoms with Crippen LogP contribution in [0.25, 0.3) is 0 Å². The van der Waals surface area contributed by atoms with Crippen molar-refractivity contribution in [3.05, 3.63) is 11.6 Å². The highest BCUT2D eigenvalue weighted by Crippen LogP contribution is 1.92. The van der Waals surface area contributed by atoms with Crippen molar-refractivity contribution in [1.29, 1.82) is 0 Å². The molecule has 0 fully saturated rings. The highest BCUT2D eigenvalue weighted by molar-refractivity contribution is 7.98. The molecule has 0 spiro atoms. The van der Waals surface area contributed by atoms with Crippen molar-refractivity contribution in [2.75, 3.05) is 25.1 Å². The van der Waals surface area contributed by atoms with Gasteiger partial charge in [-0.25, -0.2) is 0 Å². The Kier molecular flexibility index (Phi) is 6.70. The van der Waals surface area contributed by atoms with Crippen LogP contribution in [0.15, 0.2) is 11.6 Å². The van der Waals surface area contributed by atoms with Crippen molar-refractivity contribution < 1.29 is 0 Å². The molecule has 0 aromatic heterocycles. The van der Waals surface area contributed by atoms with Crippen LogP contribution < -0.4 is 5.32 Å². The Bertz CT molecular complexity index is 85.1. The van der Waals surface area contributed by atoms with Gasteiger partial charge in [0.15, 0.2) is 0 Å². The summed E-state index contributed by atoms with van der Waals surface area (Å²) in [4.78, 5) is 0. The van der Waals surface area contributed by atoms with Crippen LogP contribution in [0.1, 0.15) is 0 Å². The first kappa shape index (κ1) is 9.34. The summed E-state index contributed by atoms with van der Waals surface area (Å²) in [7, 11) is 0. The summed E-state index contributed by atoms with van der Waals surface area (Å²) in [6, 6.07) is 0. The van der Waals surface area contributed by atoms with Gasteiger partial charge in [0.1, 0.15) is 0 Å².